The highest BCUT2D eigenvalue weighted by atomic mass is 16.5. The lowest BCUT2D eigenvalue weighted by Crippen LogP contribution is -2.37. The first-order valence-electron chi connectivity index (χ1n) is 8.44. The number of ether oxygens (including phenoxy) is 2. The van der Waals surface area contributed by atoms with E-state index in [9.17, 15) is 4.79 Å². The summed E-state index contributed by atoms with van der Waals surface area (Å²) >= 11 is 0. The zero-order valence-electron chi connectivity index (χ0n) is 15.4. The van der Waals surface area contributed by atoms with Gasteiger partial charge in [-0.3, -0.25) is 4.79 Å². The molecule has 0 aliphatic heterocycles. The molecule has 5 nitrogen and oxygen atoms in total. The van der Waals surface area contributed by atoms with Crippen molar-refractivity contribution in [2.24, 2.45) is 5.92 Å². The van der Waals surface area contributed by atoms with E-state index < -0.39 is 0 Å². The van der Waals surface area contributed by atoms with Gasteiger partial charge in [-0.1, -0.05) is 13.8 Å². The van der Waals surface area contributed by atoms with Gasteiger partial charge in [-0.25, -0.2) is 0 Å². The second-order valence-corrected chi connectivity index (χ2v) is 6.55. The molecule has 0 aromatic heterocycles. The second kappa shape index (κ2) is 12.9. The minimum absolute atomic E-state index is 0.137. The zero-order chi connectivity index (χ0) is 17.0. The van der Waals surface area contributed by atoms with Gasteiger partial charge < -0.3 is 19.3 Å². The maximum atomic E-state index is 11.9. The first-order chi connectivity index (χ1) is 10.3. The van der Waals surface area contributed by atoms with Crippen LogP contribution in [0, 0.1) is 5.92 Å². The molecule has 0 fully saturated rings. The van der Waals surface area contributed by atoms with Gasteiger partial charge >= 0.3 is 0 Å². The van der Waals surface area contributed by atoms with E-state index in [1.165, 1.54) is 0 Å². The maximum absolute atomic E-state index is 11.9. The van der Waals surface area contributed by atoms with E-state index >= 15 is 0 Å². The third kappa shape index (κ3) is 12.0. The van der Waals surface area contributed by atoms with Crippen molar-refractivity contribution >= 4 is 5.91 Å². The molecule has 0 atom stereocenters. The van der Waals surface area contributed by atoms with E-state index in [2.05, 4.69) is 39.6 Å². The molecule has 0 saturated heterocycles. The second-order valence-electron chi connectivity index (χ2n) is 6.55. The molecule has 132 valence electrons. The van der Waals surface area contributed by atoms with Crippen molar-refractivity contribution in [3.8, 4) is 0 Å². The molecule has 0 aliphatic carbocycles. The Morgan fingerprint density at radius 2 is 1.50 bits per heavy atom. The summed E-state index contributed by atoms with van der Waals surface area (Å²) in [6, 6.07) is 0.502. The third-order valence-corrected chi connectivity index (χ3v) is 3.77. The van der Waals surface area contributed by atoms with Crippen molar-refractivity contribution in [2.75, 3.05) is 53.6 Å². The summed E-state index contributed by atoms with van der Waals surface area (Å²) in [5.74, 6) is 0.807. The van der Waals surface area contributed by atoms with Crippen LogP contribution in [0.4, 0.5) is 0 Å². The molecule has 0 N–H and O–H groups in total. The SMILES string of the molecule is CC(C)CCOCCOCCC(=O)N(C)CCN(C)C(C)C. The third-order valence-electron chi connectivity index (χ3n) is 3.77. The van der Waals surface area contributed by atoms with Gasteiger partial charge in [0.05, 0.1) is 26.2 Å². The van der Waals surface area contributed by atoms with Crippen LogP contribution in [0.3, 0.4) is 0 Å². The van der Waals surface area contributed by atoms with Crippen LogP contribution >= 0.6 is 0 Å². The van der Waals surface area contributed by atoms with Crippen molar-refractivity contribution in [2.45, 2.75) is 46.6 Å². The minimum Gasteiger partial charge on any atom is -0.379 e. The summed E-state index contributed by atoms with van der Waals surface area (Å²) in [6.45, 7) is 12.7. The molecule has 0 aromatic rings. The van der Waals surface area contributed by atoms with Crippen LogP contribution in [-0.2, 0) is 14.3 Å². The molecule has 0 heterocycles. The summed E-state index contributed by atoms with van der Waals surface area (Å²) in [5, 5.41) is 0. The number of carbonyl (C=O) groups is 1. The topological polar surface area (TPSA) is 42.0 Å². The lowest BCUT2D eigenvalue weighted by atomic mass is 10.1. The number of hydrogen-bond donors (Lipinski definition) is 0. The molecule has 0 aliphatic rings. The fourth-order valence-corrected chi connectivity index (χ4v) is 1.68. The van der Waals surface area contributed by atoms with Gasteiger partial charge in [-0.2, -0.15) is 0 Å². The standard InChI is InChI=1S/C17H36N2O3/c1-15(2)7-11-21-13-14-22-12-8-17(20)19(6)10-9-18(5)16(3)4/h15-16H,7-14H2,1-6H3. The molecule has 0 saturated carbocycles. The van der Waals surface area contributed by atoms with Crippen LogP contribution in [0.2, 0.25) is 0 Å². The molecular formula is C17H36N2O3. The van der Waals surface area contributed by atoms with E-state index in [0.29, 0.717) is 38.2 Å². The highest BCUT2D eigenvalue weighted by molar-refractivity contribution is 5.75. The fraction of sp³-hybridized carbons (Fsp3) is 0.941. The number of nitrogens with zero attached hydrogens (tertiary/aromatic N) is 2. The molecule has 0 aromatic carbocycles. The molecule has 0 unspecified atom stereocenters. The lowest BCUT2D eigenvalue weighted by Gasteiger charge is -2.24. The van der Waals surface area contributed by atoms with Crippen molar-refractivity contribution in [3.63, 3.8) is 0 Å². The summed E-state index contributed by atoms with van der Waals surface area (Å²) in [7, 11) is 3.93. The smallest absolute Gasteiger partial charge is 0.224 e. The minimum atomic E-state index is 0.137. The van der Waals surface area contributed by atoms with Gasteiger partial charge in [0.2, 0.25) is 5.91 Å². The number of amides is 1. The van der Waals surface area contributed by atoms with Crippen molar-refractivity contribution in [1.82, 2.24) is 9.80 Å². The van der Waals surface area contributed by atoms with Crippen molar-refractivity contribution < 1.29 is 14.3 Å². The van der Waals surface area contributed by atoms with Gasteiger partial charge in [0.15, 0.2) is 0 Å². The normalized spacial score (nSPS) is 11.7. The monoisotopic (exact) mass is 316 g/mol. The van der Waals surface area contributed by atoms with E-state index in [-0.39, 0.29) is 5.91 Å². The predicted octanol–water partition coefficient (Wildman–Crippen LogP) is 2.25. The Morgan fingerprint density at radius 3 is 2.05 bits per heavy atom. The van der Waals surface area contributed by atoms with E-state index in [0.717, 1.165) is 26.1 Å². The summed E-state index contributed by atoms with van der Waals surface area (Å²) in [4.78, 5) is 15.9. The average molecular weight is 316 g/mol. The number of hydrogen-bond acceptors (Lipinski definition) is 4. The van der Waals surface area contributed by atoms with Gasteiger partial charge in [0.25, 0.3) is 0 Å². The first-order valence-corrected chi connectivity index (χ1v) is 8.44. The van der Waals surface area contributed by atoms with Crippen LogP contribution in [0.15, 0.2) is 0 Å². The Bertz CT molecular complexity index is 283. The number of rotatable bonds is 13. The average Bonchev–Trinajstić information content (AvgIpc) is 2.46. The molecule has 5 heteroatoms. The van der Waals surface area contributed by atoms with Gasteiger partial charge in [0.1, 0.15) is 0 Å². The van der Waals surface area contributed by atoms with Crippen LogP contribution < -0.4 is 0 Å². The van der Waals surface area contributed by atoms with Gasteiger partial charge in [-0.05, 0) is 33.2 Å². The van der Waals surface area contributed by atoms with Gasteiger partial charge in [-0.15, -0.1) is 0 Å². The Kier molecular flexibility index (Phi) is 12.5. The number of carbonyl (C=O) groups excluding carboxylic acids is 1. The van der Waals surface area contributed by atoms with E-state index in [1.54, 1.807) is 4.90 Å². The van der Waals surface area contributed by atoms with Crippen LogP contribution in [0.25, 0.3) is 0 Å². The summed E-state index contributed by atoms with van der Waals surface area (Å²) < 4.78 is 10.9. The van der Waals surface area contributed by atoms with Crippen LogP contribution in [-0.4, -0.2) is 75.4 Å². The van der Waals surface area contributed by atoms with E-state index in [1.807, 2.05) is 7.05 Å². The van der Waals surface area contributed by atoms with Crippen LogP contribution in [0.5, 0.6) is 0 Å². The molecular weight excluding hydrogens is 280 g/mol. The quantitative estimate of drug-likeness (QED) is 0.489. The molecule has 0 spiro atoms. The van der Waals surface area contributed by atoms with Crippen molar-refractivity contribution in [1.29, 1.82) is 0 Å². The summed E-state index contributed by atoms with van der Waals surface area (Å²) in [5.41, 5.74) is 0. The molecule has 1 amide bonds. The molecule has 0 radical (unpaired) electrons. The zero-order valence-corrected chi connectivity index (χ0v) is 15.4. The fourth-order valence-electron chi connectivity index (χ4n) is 1.68. The number of likely N-dealkylation sites (N-methyl/N-ethyl adjacent to an activating group) is 2. The first kappa shape index (κ1) is 21.4. The highest BCUT2D eigenvalue weighted by Gasteiger charge is 2.10. The Labute approximate surface area is 136 Å². The maximum Gasteiger partial charge on any atom is 0.224 e. The lowest BCUT2D eigenvalue weighted by molar-refractivity contribution is -0.131. The predicted molar refractivity (Wildman–Crippen MR) is 91.1 cm³/mol. The summed E-state index contributed by atoms with van der Waals surface area (Å²) in [6.07, 6.45) is 1.52. The largest absolute Gasteiger partial charge is 0.379 e. The van der Waals surface area contributed by atoms with Gasteiger partial charge in [0, 0.05) is 32.8 Å². The Hall–Kier alpha value is -0.650. The van der Waals surface area contributed by atoms with Crippen molar-refractivity contribution in [3.05, 3.63) is 0 Å². The Morgan fingerprint density at radius 1 is 0.909 bits per heavy atom. The highest BCUT2D eigenvalue weighted by Crippen LogP contribution is 1.99. The molecule has 0 rings (SSSR count). The Balaban J connectivity index is 3.52. The van der Waals surface area contributed by atoms with E-state index in [4.69, 9.17) is 9.47 Å². The molecule has 22 heavy (non-hydrogen) atoms. The molecule has 0 bridgehead atoms. The van der Waals surface area contributed by atoms with Crippen LogP contribution in [0.1, 0.15) is 40.5 Å².